The predicted molar refractivity (Wildman–Crippen MR) is 99.8 cm³/mol. The number of hydrogen-bond donors (Lipinski definition) is 0. The highest BCUT2D eigenvalue weighted by Gasteiger charge is 2.18. The van der Waals surface area contributed by atoms with E-state index in [9.17, 15) is 0 Å². The van der Waals surface area contributed by atoms with Crippen molar-refractivity contribution < 1.29 is 0 Å². The molecule has 0 radical (unpaired) electrons. The summed E-state index contributed by atoms with van der Waals surface area (Å²) in [4.78, 5) is 9.52. The number of rotatable bonds is 4. The van der Waals surface area contributed by atoms with Crippen LogP contribution in [0.3, 0.4) is 0 Å². The Labute approximate surface area is 147 Å². The predicted octanol–water partition coefficient (Wildman–Crippen LogP) is 3.94. The van der Waals surface area contributed by atoms with Crippen molar-refractivity contribution in [2.24, 2.45) is 5.92 Å². The molecule has 5 nitrogen and oxygen atoms in total. The molecule has 0 fully saturated rings. The molecule has 0 saturated heterocycles. The number of aromatic nitrogens is 5. The first-order chi connectivity index (χ1) is 12.0. The molecule has 0 aliphatic carbocycles. The van der Waals surface area contributed by atoms with E-state index in [0.29, 0.717) is 5.92 Å². The van der Waals surface area contributed by atoms with Gasteiger partial charge in [0.1, 0.15) is 12.0 Å². The van der Waals surface area contributed by atoms with E-state index in [1.807, 2.05) is 22.7 Å². The summed E-state index contributed by atoms with van der Waals surface area (Å²) >= 11 is 0. The Morgan fingerprint density at radius 1 is 1.04 bits per heavy atom. The zero-order valence-electron chi connectivity index (χ0n) is 15.2. The lowest BCUT2D eigenvalue weighted by atomic mass is 10.1. The molecule has 0 N–H and O–H groups in total. The topological polar surface area (TPSA) is 48.0 Å². The Balaban J connectivity index is 1.86. The average molecular weight is 333 g/mol. The molecule has 0 atom stereocenters. The molecule has 25 heavy (non-hydrogen) atoms. The minimum Gasteiger partial charge on any atom is -0.329 e. The molecular formula is C20H23N5. The van der Waals surface area contributed by atoms with Gasteiger partial charge in [-0.1, -0.05) is 44.2 Å². The molecule has 128 valence electrons. The second-order valence-electron chi connectivity index (χ2n) is 7.12. The molecule has 0 unspecified atom stereocenters. The van der Waals surface area contributed by atoms with E-state index >= 15 is 0 Å². The summed E-state index contributed by atoms with van der Waals surface area (Å²) < 4.78 is 4.12. The lowest BCUT2D eigenvalue weighted by Gasteiger charge is -2.10. The summed E-state index contributed by atoms with van der Waals surface area (Å²) in [6.45, 7) is 9.74. The first-order valence-corrected chi connectivity index (χ1v) is 8.78. The van der Waals surface area contributed by atoms with Gasteiger partial charge in [-0.05, 0) is 30.9 Å². The van der Waals surface area contributed by atoms with Gasteiger partial charge in [0.2, 0.25) is 0 Å². The first-order valence-electron chi connectivity index (χ1n) is 8.78. The van der Waals surface area contributed by atoms with E-state index in [2.05, 4.69) is 54.5 Å². The minimum atomic E-state index is 0.568. The molecule has 3 aromatic heterocycles. The van der Waals surface area contributed by atoms with Gasteiger partial charge in [-0.2, -0.15) is 0 Å². The molecule has 0 aliphatic heterocycles. The van der Waals surface area contributed by atoms with Crippen molar-refractivity contribution in [2.45, 2.75) is 40.7 Å². The fourth-order valence-electron chi connectivity index (χ4n) is 3.42. The summed E-state index contributed by atoms with van der Waals surface area (Å²) in [6, 6.07) is 10.3. The molecule has 0 bridgehead atoms. The molecule has 4 rings (SSSR count). The fourth-order valence-corrected chi connectivity index (χ4v) is 3.42. The third kappa shape index (κ3) is 2.69. The molecule has 1 aromatic carbocycles. The summed E-state index contributed by atoms with van der Waals surface area (Å²) in [5.74, 6) is 1.40. The lowest BCUT2D eigenvalue weighted by molar-refractivity contribution is 0.524. The van der Waals surface area contributed by atoms with Crippen molar-refractivity contribution in [3.05, 3.63) is 59.3 Å². The first kappa shape index (κ1) is 15.8. The van der Waals surface area contributed by atoms with Crippen LogP contribution in [-0.2, 0) is 13.0 Å². The van der Waals surface area contributed by atoms with E-state index in [-0.39, 0.29) is 0 Å². The smallest absolute Gasteiger partial charge is 0.168 e. The van der Waals surface area contributed by atoms with Crippen LogP contribution in [-0.4, -0.2) is 24.1 Å². The van der Waals surface area contributed by atoms with Crippen molar-refractivity contribution in [1.29, 1.82) is 0 Å². The van der Waals surface area contributed by atoms with Crippen LogP contribution in [0, 0.1) is 19.8 Å². The van der Waals surface area contributed by atoms with E-state index < -0.39 is 0 Å². The maximum atomic E-state index is 4.83. The number of nitrogens with zero attached hydrogens (tertiary/aromatic N) is 5. The van der Waals surface area contributed by atoms with E-state index in [0.717, 1.165) is 35.5 Å². The summed E-state index contributed by atoms with van der Waals surface area (Å²) in [7, 11) is 0. The summed E-state index contributed by atoms with van der Waals surface area (Å²) in [5, 5.41) is 5.75. The maximum Gasteiger partial charge on any atom is 0.168 e. The lowest BCUT2D eigenvalue weighted by Crippen LogP contribution is -2.07. The Morgan fingerprint density at radius 2 is 1.80 bits per heavy atom. The minimum absolute atomic E-state index is 0.568. The Bertz CT molecular complexity index is 1040. The van der Waals surface area contributed by atoms with Crippen molar-refractivity contribution in [2.75, 3.05) is 0 Å². The second kappa shape index (κ2) is 5.99. The van der Waals surface area contributed by atoms with E-state index in [1.165, 1.54) is 16.8 Å². The largest absolute Gasteiger partial charge is 0.329 e. The van der Waals surface area contributed by atoms with Gasteiger partial charge in [0.25, 0.3) is 0 Å². The van der Waals surface area contributed by atoms with Gasteiger partial charge in [-0.15, -0.1) is 5.10 Å². The quantitative estimate of drug-likeness (QED) is 0.568. The van der Waals surface area contributed by atoms with Crippen LogP contribution in [0.2, 0.25) is 0 Å². The Hall–Kier alpha value is -2.69. The third-order valence-corrected chi connectivity index (χ3v) is 4.74. The number of fused-ring (bicyclic) bond motifs is 3. The number of aryl methyl sites for hydroxylation is 1. The van der Waals surface area contributed by atoms with Gasteiger partial charge in [0, 0.05) is 18.7 Å². The van der Waals surface area contributed by atoms with Gasteiger partial charge in [0.05, 0.1) is 5.39 Å². The second-order valence-corrected chi connectivity index (χ2v) is 7.12. The molecule has 0 spiro atoms. The van der Waals surface area contributed by atoms with Crippen molar-refractivity contribution in [3.8, 4) is 0 Å². The normalized spacial score (nSPS) is 11.9. The van der Waals surface area contributed by atoms with Crippen LogP contribution >= 0.6 is 0 Å². The zero-order valence-corrected chi connectivity index (χ0v) is 15.2. The molecule has 4 aromatic rings. The van der Waals surface area contributed by atoms with Crippen LogP contribution in [0.15, 0.2) is 36.7 Å². The fraction of sp³-hybridized carbons (Fsp3) is 0.350. The zero-order chi connectivity index (χ0) is 17.6. The Morgan fingerprint density at radius 3 is 2.52 bits per heavy atom. The van der Waals surface area contributed by atoms with Gasteiger partial charge in [-0.25, -0.2) is 14.5 Å². The highest BCUT2D eigenvalue weighted by atomic mass is 15.3. The molecule has 0 aliphatic rings. The standard InChI is InChI=1S/C20H23N5/c1-13(2)11-24-15(4)14(3)18-19(24)21-12-25-20(18)22-17(23-25)10-16-8-6-5-7-9-16/h5-9,12-13H,10-11H2,1-4H3. The number of benzene rings is 1. The number of hydrogen-bond acceptors (Lipinski definition) is 3. The monoisotopic (exact) mass is 333 g/mol. The van der Waals surface area contributed by atoms with Gasteiger partial charge in [-0.3, -0.25) is 0 Å². The average Bonchev–Trinajstić information content (AvgIpc) is 3.09. The van der Waals surface area contributed by atoms with Crippen LogP contribution < -0.4 is 0 Å². The third-order valence-electron chi connectivity index (χ3n) is 4.74. The van der Waals surface area contributed by atoms with Crippen LogP contribution in [0.25, 0.3) is 16.7 Å². The van der Waals surface area contributed by atoms with Crippen LogP contribution in [0.1, 0.15) is 36.5 Å². The van der Waals surface area contributed by atoms with Crippen molar-refractivity contribution in [1.82, 2.24) is 24.1 Å². The summed E-state index contributed by atoms with van der Waals surface area (Å²) in [5.41, 5.74) is 5.63. The summed E-state index contributed by atoms with van der Waals surface area (Å²) in [6.07, 6.45) is 2.52. The highest BCUT2D eigenvalue weighted by molar-refractivity contribution is 5.93. The van der Waals surface area contributed by atoms with Crippen molar-refractivity contribution >= 4 is 16.7 Å². The van der Waals surface area contributed by atoms with Crippen molar-refractivity contribution in [3.63, 3.8) is 0 Å². The molecule has 3 heterocycles. The van der Waals surface area contributed by atoms with Gasteiger partial charge in [0.15, 0.2) is 11.5 Å². The SMILES string of the molecule is Cc1c(C)n(CC(C)C)c2ncn3nc(Cc4ccccc4)nc3c12. The van der Waals surface area contributed by atoms with Gasteiger partial charge >= 0.3 is 0 Å². The van der Waals surface area contributed by atoms with E-state index in [4.69, 9.17) is 4.98 Å². The van der Waals surface area contributed by atoms with Gasteiger partial charge < -0.3 is 4.57 Å². The highest BCUT2D eigenvalue weighted by Crippen LogP contribution is 2.27. The molecular weight excluding hydrogens is 310 g/mol. The van der Waals surface area contributed by atoms with Crippen LogP contribution in [0.4, 0.5) is 0 Å². The van der Waals surface area contributed by atoms with E-state index in [1.54, 1.807) is 6.33 Å². The maximum absolute atomic E-state index is 4.83. The van der Waals surface area contributed by atoms with Crippen LogP contribution in [0.5, 0.6) is 0 Å². The molecule has 0 amide bonds. The molecule has 0 saturated carbocycles. The molecule has 5 heteroatoms. The Kier molecular flexibility index (Phi) is 3.79.